The first-order chi connectivity index (χ1) is 29.7. The van der Waals surface area contributed by atoms with E-state index >= 15 is 0 Å². The van der Waals surface area contributed by atoms with Crippen LogP contribution in [0.4, 0.5) is 17.3 Å². The molecule has 5 heteroatoms. The molecule has 61 heavy (non-hydrogen) atoms. The summed E-state index contributed by atoms with van der Waals surface area (Å²) in [5, 5.41) is 9.81. The maximum atomic E-state index is 5.73. The van der Waals surface area contributed by atoms with Crippen molar-refractivity contribution >= 4 is 60.4 Å². The van der Waals surface area contributed by atoms with Crippen molar-refractivity contribution in [2.24, 2.45) is 0 Å². The molecule has 1 aliphatic heterocycles. The van der Waals surface area contributed by atoms with E-state index in [1.807, 2.05) is 36.4 Å². The van der Waals surface area contributed by atoms with Crippen molar-refractivity contribution in [3.8, 4) is 39.7 Å². The molecule has 0 amide bonds. The van der Waals surface area contributed by atoms with E-state index in [9.17, 15) is 0 Å². The van der Waals surface area contributed by atoms with Crippen LogP contribution in [0.2, 0.25) is 0 Å². The van der Waals surface area contributed by atoms with Crippen LogP contribution in [0.5, 0.6) is 5.75 Å². The fourth-order valence-corrected chi connectivity index (χ4v) is 10.3. The Kier molecular flexibility index (Phi) is 7.47. The average molecular weight is 787 g/mol. The normalized spacial score (nSPS) is 14.5. The summed E-state index contributed by atoms with van der Waals surface area (Å²) in [6.07, 6.45) is 0. The first-order valence-corrected chi connectivity index (χ1v) is 21.1. The summed E-state index contributed by atoms with van der Waals surface area (Å²) in [4.78, 5) is 18.1. The lowest BCUT2D eigenvalue weighted by molar-refractivity contribution is 0.415. The average Bonchev–Trinajstić information content (AvgIpc) is 3.52. The van der Waals surface area contributed by atoms with Crippen LogP contribution >= 0.6 is 0 Å². The first kappa shape index (κ1) is 35.6. The van der Waals surface area contributed by atoms with Crippen molar-refractivity contribution in [3.63, 3.8) is 0 Å². The van der Waals surface area contributed by atoms with E-state index in [0.717, 1.165) is 28.3 Å². The van der Waals surface area contributed by atoms with E-state index in [4.69, 9.17) is 19.7 Å². The summed E-state index contributed by atoms with van der Waals surface area (Å²) in [7, 11) is 1.74. The largest absolute Gasteiger partial charge is 0.497 e. The summed E-state index contributed by atoms with van der Waals surface area (Å²) in [5.41, 5.74) is 11.0. The number of methoxy groups -OCH3 is 1. The highest BCUT2D eigenvalue weighted by Crippen LogP contribution is 2.58. The minimum atomic E-state index is -0.358. The lowest BCUT2D eigenvalue weighted by Crippen LogP contribution is -2.32. The van der Waals surface area contributed by atoms with E-state index in [1.165, 1.54) is 76.5 Å². The first-order valence-electron chi connectivity index (χ1n) is 21.1. The van der Waals surface area contributed by atoms with Crippen LogP contribution in [-0.2, 0) is 10.8 Å². The summed E-state index contributed by atoms with van der Waals surface area (Å²) in [5.74, 6) is 2.72. The molecule has 2 aliphatic rings. The molecule has 0 unspecified atom stereocenters. The van der Waals surface area contributed by atoms with Crippen LogP contribution in [0.3, 0.4) is 0 Å². The standard InChI is InChI=1S/C56H42N4O/c1-55(2)46-30-43-40-25-24-37(61-5)28-41(40)38-22-14-15-23-39(38)42(43)29-44(46)45-31-49-51(32-47(45)55)60(50-27-36-21-13-12-20-35(36)26-48(50)56(49,3)4)54-58-52(33-16-8-6-9-17-33)57-53(59-54)34-18-10-7-11-19-34/h6-32H,1-5H3. The Morgan fingerprint density at radius 2 is 0.902 bits per heavy atom. The number of rotatable bonds is 4. The molecule has 0 spiro atoms. The second kappa shape index (κ2) is 12.8. The van der Waals surface area contributed by atoms with Gasteiger partial charge in [-0.3, -0.25) is 4.90 Å². The van der Waals surface area contributed by atoms with Gasteiger partial charge in [-0.05, 0) is 125 Å². The number of anilines is 3. The van der Waals surface area contributed by atoms with Gasteiger partial charge in [0, 0.05) is 22.0 Å². The summed E-state index contributed by atoms with van der Waals surface area (Å²) in [6, 6.07) is 59.0. The summed E-state index contributed by atoms with van der Waals surface area (Å²) < 4.78 is 5.73. The molecule has 2 heterocycles. The number of nitrogens with zero attached hydrogens (tertiary/aromatic N) is 4. The van der Waals surface area contributed by atoms with E-state index in [-0.39, 0.29) is 10.8 Å². The van der Waals surface area contributed by atoms with Gasteiger partial charge in [-0.25, -0.2) is 4.98 Å². The summed E-state index contributed by atoms with van der Waals surface area (Å²) >= 11 is 0. The molecule has 5 nitrogen and oxygen atoms in total. The SMILES string of the molecule is COc1ccc2c(c1)c1ccccc1c1cc3c(cc21)C(C)(C)c1cc2c(cc1-3)C(C)(C)c1cc3ccccc3cc1N2c1nc(-c2ccccc2)nc(-c2ccccc2)n1. The molecule has 0 fully saturated rings. The topological polar surface area (TPSA) is 51.1 Å². The fourth-order valence-electron chi connectivity index (χ4n) is 10.3. The molecular weight excluding hydrogens is 745 g/mol. The Labute approximate surface area is 355 Å². The minimum absolute atomic E-state index is 0.304. The third-order valence-electron chi connectivity index (χ3n) is 13.5. The zero-order valence-corrected chi connectivity index (χ0v) is 34.8. The van der Waals surface area contributed by atoms with Gasteiger partial charge in [0.2, 0.25) is 5.95 Å². The van der Waals surface area contributed by atoms with Crippen LogP contribution < -0.4 is 9.64 Å². The smallest absolute Gasteiger partial charge is 0.238 e. The van der Waals surface area contributed by atoms with Crippen LogP contribution in [-0.4, -0.2) is 22.1 Å². The van der Waals surface area contributed by atoms with Gasteiger partial charge in [0.1, 0.15) is 5.75 Å². The van der Waals surface area contributed by atoms with Crippen molar-refractivity contribution < 1.29 is 4.74 Å². The Balaban J connectivity index is 1.15. The van der Waals surface area contributed by atoms with Gasteiger partial charge in [0.15, 0.2) is 11.6 Å². The lowest BCUT2D eigenvalue weighted by atomic mass is 9.71. The van der Waals surface area contributed by atoms with Gasteiger partial charge in [0.25, 0.3) is 0 Å². The Morgan fingerprint density at radius 3 is 1.56 bits per heavy atom. The number of fused-ring (bicyclic) bond motifs is 12. The predicted molar refractivity (Wildman–Crippen MR) is 252 cm³/mol. The van der Waals surface area contributed by atoms with Crippen molar-refractivity contribution in [1.82, 2.24) is 15.0 Å². The van der Waals surface area contributed by atoms with Gasteiger partial charge in [-0.15, -0.1) is 0 Å². The van der Waals surface area contributed by atoms with Gasteiger partial charge in [-0.1, -0.05) is 143 Å². The number of aromatic nitrogens is 3. The van der Waals surface area contributed by atoms with Gasteiger partial charge in [-0.2, -0.15) is 9.97 Å². The zero-order chi connectivity index (χ0) is 41.2. The van der Waals surface area contributed by atoms with Gasteiger partial charge < -0.3 is 4.74 Å². The Morgan fingerprint density at radius 1 is 0.410 bits per heavy atom. The molecule has 1 aliphatic carbocycles. The number of ether oxygens (including phenoxy) is 1. The lowest BCUT2D eigenvalue weighted by Gasteiger charge is -2.42. The molecular formula is C56H42N4O. The maximum absolute atomic E-state index is 5.73. The highest BCUT2D eigenvalue weighted by molar-refractivity contribution is 6.26. The molecule has 0 N–H and O–H groups in total. The minimum Gasteiger partial charge on any atom is -0.497 e. The number of hydrogen-bond acceptors (Lipinski definition) is 5. The van der Waals surface area contributed by atoms with Crippen LogP contribution in [0.1, 0.15) is 49.9 Å². The number of hydrogen-bond donors (Lipinski definition) is 0. The molecule has 12 rings (SSSR count). The molecule has 0 atom stereocenters. The quantitative estimate of drug-likeness (QED) is 0.166. The number of benzene rings is 9. The van der Waals surface area contributed by atoms with E-state index in [2.05, 4.69) is 160 Å². The third kappa shape index (κ3) is 5.16. The highest BCUT2D eigenvalue weighted by Gasteiger charge is 2.43. The van der Waals surface area contributed by atoms with Crippen molar-refractivity contribution in [2.45, 2.75) is 38.5 Å². The van der Waals surface area contributed by atoms with E-state index in [0.29, 0.717) is 17.6 Å². The molecule has 292 valence electrons. The van der Waals surface area contributed by atoms with E-state index in [1.54, 1.807) is 7.11 Å². The second-order valence-electron chi connectivity index (χ2n) is 17.6. The molecule has 0 saturated heterocycles. The Bertz CT molecular complexity index is 3410. The van der Waals surface area contributed by atoms with E-state index < -0.39 is 0 Å². The van der Waals surface area contributed by atoms with Crippen molar-refractivity contribution in [3.05, 3.63) is 186 Å². The monoisotopic (exact) mass is 786 g/mol. The van der Waals surface area contributed by atoms with Gasteiger partial charge >= 0.3 is 0 Å². The van der Waals surface area contributed by atoms with Crippen LogP contribution in [0.25, 0.3) is 77.0 Å². The molecule has 0 radical (unpaired) electrons. The molecule has 9 aromatic carbocycles. The molecule has 0 bridgehead atoms. The van der Waals surface area contributed by atoms with Crippen molar-refractivity contribution in [2.75, 3.05) is 12.0 Å². The molecule has 10 aromatic rings. The second-order valence-corrected chi connectivity index (χ2v) is 17.6. The van der Waals surface area contributed by atoms with Crippen LogP contribution in [0.15, 0.2) is 164 Å². The van der Waals surface area contributed by atoms with Crippen molar-refractivity contribution in [1.29, 1.82) is 0 Å². The predicted octanol–water partition coefficient (Wildman–Crippen LogP) is 14.2. The zero-order valence-electron chi connectivity index (χ0n) is 34.8. The molecule has 0 saturated carbocycles. The maximum Gasteiger partial charge on any atom is 0.238 e. The van der Waals surface area contributed by atoms with Crippen LogP contribution in [0, 0.1) is 0 Å². The van der Waals surface area contributed by atoms with Gasteiger partial charge in [0.05, 0.1) is 18.5 Å². The summed E-state index contributed by atoms with van der Waals surface area (Å²) in [6.45, 7) is 9.51. The highest BCUT2D eigenvalue weighted by atomic mass is 16.5. The third-order valence-corrected chi connectivity index (χ3v) is 13.5. The molecule has 1 aromatic heterocycles. The Hall–Kier alpha value is -7.37. The fraction of sp³-hybridized carbons (Fsp3) is 0.125.